The zero-order valence-corrected chi connectivity index (χ0v) is 20.4. The van der Waals surface area contributed by atoms with Crippen LogP contribution in [0.2, 0.25) is 0 Å². The molecule has 0 unspecified atom stereocenters. The van der Waals surface area contributed by atoms with Gasteiger partial charge < -0.3 is 19.5 Å². The first-order valence-corrected chi connectivity index (χ1v) is 12.5. The van der Waals surface area contributed by atoms with Crippen LogP contribution in [0.25, 0.3) is 11.1 Å². The third kappa shape index (κ3) is 6.82. The Hall–Kier alpha value is -2.98. The van der Waals surface area contributed by atoms with Crippen molar-refractivity contribution < 1.29 is 28.9 Å². The highest BCUT2D eigenvalue weighted by atomic mass is 16.5. The number of urea groups is 1. The lowest BCUT2D eigenvalue weighted by molar-refractivity contribution is -0.150. The van der Waals surface area contributed by atoms with E-state index in [4.69, 9.17) is 14.2 Å². The number of nitrogens with zero attached hydrogens (tertiary/aromatic N) is 1. The Morgan fingerprint density at radius 2 is 1.47 bits per heavy atom. The summed E-state index contributed by atoms with van der Waals surface area (Å²) in [5.41, 5.74) is 7.64. The summed E-state index contributed by atoms with van der Waals surface area (Å²) in [6, 6.07) is 16.3. The Morgan fingerprint density at radius 3 is 2.11 bits per heavy atom. The number of esters is 1. The van der Waals surface area contributed by atoms with E-state index in [0.29, 0.717) is 58.9 Å². The number of piperidine rings is 1. The lowest BCUT2D eigenvalue weighted by Crippen LogP contribution is -2.51. The highest BCUT2D eigenvalue weighted by molar-refractivity contribution is 5.79. The average Bonchev–Trinajstić information content (AvgIpc) is 3.23. The summed E-state index contributed by atoms with van der Waals surface area (Å²) in [6.45, 7) is 2.89. The predicted octanol–water partition coefficient (Wildman–Crippen LogP) is 2.73. The van der Waals surface area contributed by atoms with Gasteiger partial charge >= 0.3 is 12.0 Å². The van der Waals surface area contributed by atoms with Crippen molar-refractivity contribution in [3.8, 4) is 11.1 Å². The second kappa shape index (κ2) is 13.4. The number of amides is 2. The van der Waals surface area contributed by atoms with Crippen LogP contribution in [0.1, 0.15) is 29.9 Å². The first-order valence-electron chi connectivity index (χ1n) is 12.5. The minimum atomic E-state index is -0.305. The van der Waals surface area contributed by atoms with E-state index >= 15 is 0 Å². The van der Waals surface area contributed by atoms with Gasteiger partial charge in [0.05, 0.1) is 32.3 Å². The number of hydrogen-bond donors (Lipinski definition) is 2. The molecule has 0 atom stereocenters. The van der Waals surface area contributed by atoms with Crippen LogP contribution in [0.3, 0.4) is 0 Å². The first-order chi connectivity index (χ1) is 17.7. The van der Waals surface area contributed by atoms with Crippen molar-refractivity contribution >= 4 is 12.0 Å². The number of rotatable bonds is 12. The van der Waals surface area contributed by atoms with Gasteiger partial charge in [-0.1, -0.05) is 48.5 Å². The molecular formula is C27H34N3O6. The summed E-state index contributed by atoms with van der Waals surface area (Å²) >= 11 is 0. The molecule has 0 spiro atoms. The van der Waals surface area contributed by atoms with Gasteiger partial charge in [0.15, 0.2) is 0 Å². The normalized spacial score (nSPS) is 15.8. The third-order valence-corrected chi connectivity index (χ3v) is 6.57. The van der Waals surface area contributed by atoms with Crippen LogP contribution in [-0.4, -0.2) is 76.3 Å². The lowest BCUT2D eigenvalue weighted by Gasteiger charge is -2.31. The molecule has 1 fully saturated rings. The molecule has 9 nitrogen and oxygen atoms in total. The fourth-order valence-corrected chi connectivity index (χ4v) is 4.75. The lowest BCUT2D eigenvalue weighted by atomic mass is 9.96. The SMILES string of the molecule is [O]CCOCCOCCNC(=O)NN1CCC(C(=O)OCC2c3ccccc3-c3ccccc32)CC1. The number of fused-ring (bicyclic) bond motifs is 3. The van der Waals surface area contributed by atoms with Gasteiger partial charge in [0, 0.05) is 25.6 Å². The number of benzene rings is 2. The highest BCUT2D eigenvalue weighted by Gasteiger charge is 2.31. The fourth-order valence-electron chi connectivity index (χ4n) is 4.75. The van der Waals surface area contributed by atoms with Crippen LogP contribution in [0, 0.1) is 5.92 Å². The molecule has 0 aromatic heterocycles. The first kappa shape index (κ1) is 26.1. The number of carbonyl (C=O) groups is 2. The van der Waals surface area contributed by atoms with E-state index in [1.165, 1.54) is 22.3 Å². The molecule has 193 valence electrons. The third-order valence-electron chi connectivity index (χ3n) is 6.57. The monoisotopic (exact) mass is 496 g/mol. The van der Waals surface area contributed by atoms with Gasteiger partial charge in [-0.25, -0.2) is 14.9 Å². The quantitative estimate of drug-likeness (QED) is 0.346. The number of hydrogen-bond acceptors (Lipinski definition) is 6. The summed E-state index contributed by atoms with van der Waals surface area (Å²) in [5, 5.41) is 14.8. The van der Waals surface area contributed by atoms with E-state index in [2.05, 4.69) is 35.0 Å². The molecule has 2 amide bonds. The van der Waals surface area contributed by atoms with Crippen molar-refractivity contribution in [1.82, 2.24) is 15.8 Å². The number of nitrogens with one attached hydrogen (secondary N) is 2. The average molecular weight is 497 g/mol. The van der Waals surface area contributed by atoms with Gasteiger partial charge in [0.25, 0.3) is 0 Å². The smallest absolute Gasteiger partial charge is 0.329 e. The van der Waals surface area contributed by atoms with Gasteiger partial charge in [-0.05, 0) is 35.1 Å². The molecule has 9 heteroatoms. The minimum Gasteiger partial charge on any atom is -0.464 e. The van der Waals surface area contributed by atoms with Crippen LogP contribution >= 0.6 is 0 Å². The maximum Gasteiger partial charge on any atom is 0.329 e. The molecule has 1 aliphatic heterocycles. The zero-order chi connectivity index (χ0) is 25.2. The van der Waals surface area contributed by atoms with E-state index in [-0.39, 0.29) is 37.0 Å². The molecule has 0 saturated carbocycles. The van der Waals surface area contributed by atoms with Gasteiger partial charge in [0.2, 0.25) is 0 Å². The van der Waals surface area contributed by atoms with Gasteiger partial charge in [0.1, 0.15) is 13.2 Å². The van der Waals surface area contributed by atoms with Gasteiger partial charge in [-0.3, -0.25) is 10.2 Å². The van der Waals surface area contributed by atoms with Crippen LogP contribution < -0.4 is 10.7 Å². The largest absolute Gasteiger partial charge is 0.464 e. The maximum atomic E-state index is 12.8. The van der Waals surface area contributed by atoms with Crippen molar-refractivity contribution in [3.05, 3.63) is 59.7 Å². The number of ether oxygens (including phenoxy) is 3. The molecule has 36 heavy (non-hydrogen) atoms. The van der Waals surface area contributed by atoms with Gasteiger partial charge in [-0.2, -0.15) is 0 Å². The second-order valence-corrected chi connectivity index (χ2v) is 8.92. The molecule has 2 N–H and O–H groups in total. The Kier molecular flexibility index (Phi) is 9.68. The topological polar surface area (TPSA) is 109 Å². The maximum absolute atomic E-state index is 12.8. The van der Waals surface area contributed by atoms with E-state index in [9.17, 15) is 14.7 Å². The summed E-state index contributed by atoms with van der Waals surface area (Å²) in [7, 11) is 0. The van der Waals surface area contributed by atoms with Crippen molar-refractivity contribution in [1.29, 1.82) is 0 Å². The number of hydrazine groups is 1. The molecule has 1 saturated heterocycles. The predicted molar refractivity (Wildman–Crippen MR) is 133 cm³/mol. The molecule has 1 aliphatic carbocycles. The molecule has 0 bridgehead atoms. The van der Waals surface area contributed by atoms with Crippen LogP contribution in [0.5, 0.6) is 0 Å². The fraction of sp³-hybridized carbons (Fsp3) is 0.481. The zero-order valence-electron chi connectivity index (χ0n) is 20.4. The summed E-state index contributed by atoms with van der Waals surface area (Å²) in [4.78, 5) is 24.9. The molecule has 1 heterocycles. The van der Waals surface area contributed by atoms with Crippen LogP contribution in [0.15, 0.2) is 48.5 Å². The molecule has 1 radical (unpaired) electrons. The van der Waals surface area contributed by atoms with E-state index < -0.39 is 0 Å². The van der Waals surface area contributed by atoms with E-state index in [0.717, 1.165) is 0 Å². The highest BCUT2D eigenvalue weighted by Crippen LogP contribution is 2.44. The van der Waals surface area contributed by atoms with E-state index in [1.54, 1.807) is 0 Å². The van der Waals surface area contributed by atoms with E-state index in [1.807, 2.05) is 29.3 Å². The summed E-state index contributed by atoms with van der Waals surface area (Å²) < 4.78 is 16.2. The molecule has 2 aromatic carbocycles. The standard InChI is InChI=1S/C27H34N3O6/c31-14-16-35-18-17-34-15-11-28-27(33)29-30-12-9-20(10-13-30)26(32)36-19-25-23-7-3-1-5-21(23)22-6-2-4-8-24(22)25/h1-8,20,25H,9-19H2,(H2,28,29,33). The second-order valence-electron chi connectivity index (χ2n) is 8.92. The Labute approximate surface area is 211 Å². The molecule has 2 aliphatic rings. The summed E-state index contributed by atoms with van der Waals surface area (Å²) in [6.07, 6.45) is 1.26. The molecule has 4 rings (SSSR count). The van der Waals surface area contributed by atoms with Crippen molar-refractivity contribution in [2.75, 3.05) is 59.3 Å². The van der Waals surface area contributed by atoms with Crippen molar-refractivity contribution in [2.24, 2.45) is 5.92 Å². The van der Waals surface area contributed by atoms with Gasteiger partial charge in [-0.15, -0.1) is 0 Å². The molecule has 2 aromatic rings. The van der Waals surface area contributed by atoms with Crippen molar-refractivity contribution in [3.63, 3.8) is 0 Å². The Bertz CT molecular complexity index is 963. The van der Waals surface area contributed by atoms with Crippen molar-refractivity contribution in [2.45, 2.75) is 18.8 Å². The Balaban J connectivity index is 1.14. The summed E-state index contributed by atoms with van der Waals surface area (Å²) in [5.74, 6) is -0.284. The minimum absolute atomic E-state index is 0.0566. The van der Waals surface area contributed by atoms with Crippen LogP contribution in [0.4, 0.5) is 4.79 Å². The number of carbonyl (C=O) groups excluding carboxylic acids is 2. The van der Waals surface area contributed by atoms with Crippen LogP contribution in [-0.2, 0) is 24.1 Å². The molecular weight excluding hydrogens is 462 g/mol. The Morgan fingerprint density at radius 1 is 0.861 bits per heavy atom.